The molecule has 0 radical (unpaired) electrons. The third-order valence-corrected chi connectivity index (χ3v) is 2.69. The number of hydrogen-bond donors (Lipinski definition) is 1. The van der Waals surface area contributed by atoms with Gasteiger partial charge < -0.3 is 9.51 Å². The first-order valence-corrected chi connectivity index (χ1v) is 5.26. The number of aromatic nitrogens is 3. The molecule has 1 fully saturated rings. The van der Waals surface area contributed by atoms with E-state index < -0.39 is 0 Å². The average Bonchev–Trinajstić information content (AvgIpc) is 2.83. The van der Waals surface area contributed by atoms with Crippen molar-refractivity contribution < 1.29 is 4.52 Å². The molecule has 1 saturated carbocycles. The summed E-state index contributed by atoms with van der Waals surface area (Å²) in [6.45, 7) is 0. The summed E-state index contributed by atoms with van der Waals surface area (Å²) >= 11 is 0. The molecule has 0 unspecified atom stereocenters. The summed E-state index contributed by atoms with van der Waals surface area (Å²) in [5.74, 6) is 1.98. The summed E-state index contributed by atoms with van der Waals surface area (Å²) in [4.78, 5) is 7.13. The predicted octanol–water partition coefficient (Wildman–Crippen LogP) is 1.89. The van der Waals surface area contributed by atoms with Gasteiger partial charge in [-0.2, -0.15) is 10.2 Å². The monoisotopic (exact) mass is 214 g/mol. The zero-order valence-corrected chi connectivity index (χ0v) is 8.60. The molecule has 1 N–H and O–H groups in total. The van der Waals surface area contributed by atoms with E-state index in [2.05, 4.69) is 15.1 Å². The maximum Gasteiger partial charge on any atom is 0.259 e. The Kier molecular flexibility index (Phi) is 2.00. The van der Waals surface area contributed by atoms with Crippen LogP contribution in [0.15, 0.2) is 16.8 Å². The molecule has 0 aromatic carbocycles. The highest BCUT2D eigenvalue weighted by atomic mass is 16.5. The molecule has 5 nitrogen and oxygen atoms in total. The fourth-order valence-electron chi connectivity index (χ4n) is 1.62. The number of nitrogens with zero attached hydrogens (tertiary/aromatic N) is 3. The van der Waals surface area contributed by atoms with Crippen LogP contribution in [0.4, 0.5) is 0 Å². The minimum atomic E-state index is 0.480. The van der Waals surface area contributed by atoms with Gasteiger partial charge in [-0.15, -0.1) is 0 Å². The van der Waals surface area contributed by atoms with Gasteiger partial charge in [-0.3, -0.25) is 0 Å². The van der Waals surface area contributed by atoms with E-state index in [9.17, 15) is 0 Å². The van der Waals surface area contributed by atoms with Crippen molar-refractivity contribution in [2.75, 3.05) is 0 Å². The van der Waals surface area contributed by atoms with E-state index in [0.717, 1.165) is 23.7 Å². The molecule has 0 amide bonds. The van der Waals surface area contributed by atoms with E-state index in [1.54, 1.807) is 12.3 Å². The Morgan fingerprint density at radius 3 is 3.12 bits per heavy atom. The maximum absolute atomic E-state index is 8.68. The zero-order chi connectivity index (χ0) is 11.0. The zero-order valence-electron chi connectivity index (χ0n) is 8.60. The SMILES string of the molecule is N#Cc1cc(-c2nc(CC3CC3)no2)c[nH]1. The van der Waals surface area contributed by atoms with Crippen molar-refractivity contribution in [2.45, 2.75) is 19.3 Å². The van der Waals surface area contributed by atoms with E-state index in [1.807, 2.05) is 6.07 Å². The average molecular weight is 214 g/mol. The summed E-state index contributed by atoms with van der Waals surface area (Å²) in [5.41, 5.74) is 1.27. The molecular formula is C11H10N4O. The topological polar surface area (TPSA) is 78.5 Å². The van der Waals surface area contributed by atoms with Crippen LogP contribution < -0.4 is 0 Å². The normalized spacial score (nSPS) is 14.9. The Morgan fingerprint density at radius 1 is 1.56 bits per heavy atom. The number of nitrogens with one attached hydrogen (secondary N) is 1. The number of rotatable bonds is 3. The van der Waals surface area contributed by atoms with Gasteiger partial charge in [-0.25, -0.2) is 0 Å². The fraction of sp³-hybridized carbons (Fsp3) is 0.364. The lowest BCUT2D eigenvalue weighted by molar-refractivity contribution is 0.421. The van der Waals surface area contributed by atoms with Crippen LogP contribution in [0.1, 0.15) is 24.4 Å². The van der Waals surface area contributed by atoms with Gasteiger partial charge in [-0.05, 0) is 24.8 Å². The first-order chi connectivity index (χ1) is 7.85. The van der Waals surface area contributed by atoms with Crippen LogP contribution in [0.3, 0.4) is 0 Å². The van der Waals surface area contributed by atoms with Crippen molar-refractivity contribution >= 4 is 0 Å². The van der Waals surface area contributed by atoms with Crippen molar-refractivity contribution in [1.82, 2.24) is 15.1 Å². The second kappa shape index (κ2) is 3.49. The molecule has 2 aromatic heterocycles. The number of aromatic amines is 1. The molecular weight excluding hydrogens is 204 g/mol. The minimum Gasteiger partial charge on any atom is -0.352 e. The van der Waals surface area contributed by atoms with Crippen LogP contribution in [0.2, 0.25) is 0 Å². The maximum atomic E-state index is 8.68. The molecule has 2 heterocycles. The Hall–Kier alpha value is -2.09. The number of nitriles is 1. The van der Waals surface area contributed by atoms with Gasteiger partial charge in [0.25, 0.3) is 5.89 Å². The largest absolute Gasteiger partial charge is 0.352 e. The van der Waals surface area contributed by atoms with E-state index in [0.29, 0.717) is 11.6 Å². The summed E-state index contributed by atoms with van der Waals surface area (Å²) in [6, 6.07) is 3.72. The molecule has 0 bridgehead atoms. The second-order valence-corrected chi connectivity index (χ2v) is 4.08. The van der Waals surface area contributed by atoms with Crippen LogP contribution in [-0.2, 0) is 6.42 Å². The van der Waals surface area contributed by atoms with E-state index in [4.69, 9.17) is 9.78 Å². The van der Waals surface area contributed by atoms with Crippen LogP contribution in [-0.4, -0.2) is 15.1 Å². The Balaban J connectivity index is 1.82. The predicted molar refractivity (Wildman–Crippen MR) is 55.2 cm³/mol. The summed E-state index contributed by atoms with van der Waals surface area (Å²) in [5, 5.41) is 12.6. The molecule has 0 aliphatic heterocycles. The lowest BCUT2D eigenvalue weighted by atomic mass is 10.3. The lowest BCUT2D eigenvalue weighted by Crippen LogP contribution is -1.88. The quantitative estimate of drug-likeness (QED) is 0.846. The number of H-pyrrole nitrogens is 1. The molecule has 5 heteroatoms. The van der Waals surface area contributed by atoms with Gasteiger partial charge in [0.2, 0.25) is 0 Å². The van der Waals surface area contributed by atoms with Crippen molar-refractivity contribution in [3.05, 3.63) is 23.8 Å². The van der Waals surface area contributed by atoms with Crippen molar-refractivity contribution in [3.8, 4) is 17.5 Å². The summed E-state index contributed by atoms with van der Waals surface area (Å²) < 4.78 is 5.15. The summed E-state index contributed by atoms with van der Waals surface area (Å²) in [7, 11) is 0. The molecule has 80 valence electrons. The molecule has 2 aromatic rings. The first kappa shape index (κ1) is 9.16. The number of hydrogen-bond acceptors (Lipinski definition) is 4. The minimum absolute atomic E-state index is 0.480. The fourth-order valence-corrected chi connectivity index (χ4v) is 1.62. The molecule has 16 heavy (non-hydrogen) atoms. The van der Waals surface area contributed by atoms with Crippen LogP contribution in [0, 0.1) is 17.2 Å². The summed E-state index contributed by atoms with van der Waals surface area (Å²) in [6.07, 6.45) is 5.14. The molecule has 1 aliphatic carbocycles. The van der Waals surface area contributed by atoms with Crippen molar-refractivity contribution in [1.29, 1.82) is 5.26 Å². The molecule has 3 rings (SSSR count). The standard InChI is InChI=1S/C11H10N4O/c12-5-9-4-8(6-13-9)11-14-10(15-16-11)3-7-1-2-7/h4,6-7,13H,1-3H2. The highest BCUT2D eigenvalue weighted by Crippen LogP contribution is 2.32. The van der Waals surface area contributed by atoms with Crippen LogP contribution >= 0.6 is 0 Å². The third kappa shape index (κ3) is 1.70. The van der Waals surface area contributed by atoms with Crippen LogP contribution in [0.25, 0.3) is 11.5 Å². The Labute approximate surface area is 92.1 Å². The molecule has 0 saturated heterocycles. The van der Waals surface area contributed by atoms with Gasteiger partial charge in [-0.1, -0.05) is 5.16 Å². The molecule has 1 aliphatic rings. The van der Waals surface area contributed by atoms with E-state index in [-0.39, 0.29) is 0 Å². The van der Waals surface area contributed by atoms with Gasteiger partial charge >= 0.3 is 0 Å². The molecule has 0 spiro atoms. The van der Waals surface area contributed by atoms with Crippen LogP contribution in [0.5, 0.6) is 0 Å². The van der Waals surface area contributed by atoms with E-state index in [1.165, 1.54) is 12.8 Å². The Bertz CT molecular complexity index is 544. The smallest absolute Gasteiger partial charge is 0.259 e. The lowest BCUT2D eigenvalue weighted by Gasteiger charge is -1.85. The van der Waals surface area contributed by atoms with Gasteiger partial charge in [0.1, 0.15) is 11.8 Å². The first-order valence-electron chi connectivity index (χ1n) is 5.26. The van der Waals surface area contributed by atoms with Gasteiger partial charge in [0.05, 0.1) is 5.56 Å². The second-order valence-electron chi connectivity index (χ2n) is 4.08. The Morgan fingerprint density at radius 2 is 2.44 bits per heavy atom. The third-order valence-electron chi connectivity index (χ3n) is 2.69. The van der Waals surface area contributed by atoms with Crippen molar-refractivity contribution in [3.63, 3.8) is 0 Å². The highest BCUT2D eigenvalue weighted by Gasteiger charge is 2.24. The van der Waals surface area contributed by atoms with Gasteiger partial charge in [0.15, 0.2) is 5.82 Å². The molecule has 0 atom stereocenters. The van der Waals surface area contributed by atoms with Gasteiger partial charge in [0, 0.05) is 12.6 Å². The van der Waals surface area contributed by atoms with E-state index >= 15 is 0 Å². The highest BCUT2D eigenvalue weighted by molar-refractivity contribution is 5.54. The van der Waals surface area contributed by atoms with Crippen molar-refractivity contribution in [2.24, 2.45) is 5.92 Å².